The second-order valence-electron chi connectivity index (χ2n) is 6.72. The summed E-state index contributed by atoms with van der Waals surface area (Å²) in [4.78, 5) is 50.8. The Morgan fingerprint density at radius 3 is 2.50 bits per heavy atom. The minimum atomic E-state index is -0.330. The smallest absolute Gasteiger partial charge is 0.254 e. The van der Waals surface area contributed by atoms with Gasteiger partial charge in [-0.3, -0.25) is 24.6 Å². The molecule has 8 nitrogen and oxygen atoms in total. The second kappa shape index (κ2) is 9.45. The first kappa shape index (κ1) is 21.4. The molecule has 0 saturated carbocycles. The molecule has 1 fully saturated rings. The van der Waals surface area contributed by atoms with Crippen molar-refractivity contribution in [3.63, 3.8) is 0 Å². The number of hydrazine groups is 1. The first-order chi connectivity index (χ1) is 14.4. The van der Waals surface area contributed by atoms with Crippen molar-refractivity contribution in [2.45, 2.75) is 17.7 Å². The Bertz CT molecular complexity index is 977. The number of nitrogens with one attached hydrogen (secondary N) is 2. The molecular weight excluding hydrogens is 404 g/mol. The molecule has 0 aromatic heterocycles. The first-order valence-corrected chi connectivity index (χ1v) is 10.5. The molecule has 2 N–H and O–H groups in total. The molecule has 0 aliphatic carbocycles. The summed E-state index contributed by atoms with van der Waals surface area (Å²) in [6, 6.07) is 13.7. The van der Waals surface area contributed by atoms with Gasteiger partial charge in [-0.1, -0.05) is 12.1 Å². The third-order valence-corrected chi connectivity index (χ3v) is 5.33. The van der Waals surface area contributed by atoms with E-state index in [1.807, 2.05) is 30.5 Å². The number of para-hydroxylation sites is 1. The molecule has 156 valence electrons. The molecule has 1 aliphatic heterocycles. The molecule has 1 heterocycles. The normalized spacial score (nSPS) is 13.6. The predicted molar refractivity (Wildman–Crippen MR) is 115 cm³/mol. The monoisotopic (exact) mass is 426 g/mol. The molecular formula is C21H22N4O4S. The number of amides is 4. The lowest BCUT2D eigenvalue weighted by Crippen LogP contribution is -2.50. The van der Waals surface area contributed by atoms with E-state index in [9.17, 15) is 19.2 Å². The molecule has 3 rings (SSSR count). The van der Waals surface area contributed by atoms with Crippen LogP contribution < -0.4 is 15.8 Å². The Labute approximate surface area is 178 Å². The van der Waals surface area contributed by atoms with Crippen molar-refractivity contribution in [2.24, 2.45) is 0 Å². The van der Waals surface area contributed by atoms with E-state index in [0.29, 0.717) is 16.9 Å². The second-order valence-corrected chi connectivity index (χ2v) is 7.57. The highest BCUT2D eigenvalue weighted by Crippen LogP contribution is 2.24. The Hall–Kier alpha value is -3.33. The number of benzene rings is 2. The van der Waals surface area contributed by atoms with Gasteiger partial charge in [0.1, 0.15) is 0 Å². The number of rotatable bonds is 6. The summed E-state index contributed by atoms with van der Waals surface area (Å²) in [5.41, 5.74) is 4.05. The number of likely N-dealkylation sites (N-methyl/N-ethyl adjacent to an activating group) is 1. The number of hydrogen-bond donors (Lipinski definition) is 2. The van der Waals surface area contributed by atoms with Crippen molar-refractivity contribution < 1.29 is 19.2 Å². The number of nitrogens with zero attached hydrogens (tertiary/aromatic N) is 2. The van der Waals surface area contributed by atoms with Crippen LogP contribution in [0.3, 0.4) is 0 Å². The molecule has 9 heteroatoms. The van der Waals surface area contributed by atoms with Crippen LogP contribution in [0.15, 0.2) is 53.4 Å². The van der Waals surface area contributed by atoms with Crippen molar-refractivity contribution in [3.05, 3.63) is 54.1 Å². The largest absolute Gasteiger partial charge is 0.332 e. The molecule has 1 aliphatic rings. The van der Waals surface area contributed by atoms with Crippen molar-refractivity contribution >= 4 is 46.8 Å². The molecule has 4 amide bonds. The fourth-order valence-corrected chi connectivity index (χ4v) is 3.54. The van der Waals surface area contributed by atoms with E-state index in [2.05, 4.69) is 10.7 Å². The van der Waals surface area contributed by atoms with Gasteiger partial charge in [0.15, 0.2) is 0 Å². The van der Waals surface area contributed by atoms with Gasteiger partial charge in [-0.15, -0.1) is 11.8 Å². The average molecular weight is 426 g/mol. The maximum Gasteiger partial charge on any atom is 0.254 e. The van der Waals surface area contributed by atoms with E-state index in [4.69, 9.17) is 0 Å². The molecule has 0 unspecified atom stereocenters. The Kier molecular flexibility index (Phi) is 6.73. The molecule has 30 heavy (non-hydrogen) atoms. The minimum Gasteiger partial charge on any atom is -0.332 e. The quantitative estimate of drug-likeness (QED) is 0.691. The van der Waals surface area contributed by atoms with Gasteiger partial charge in [0.05, 0.1) is 17.9 Å². The van der Waals surface area contributed by atoms with E-state index in [-0.39, 0.29) is 43.0 Å². The molecule has 2 aromatic carbocycles. The van der Waals surface area contributed by atoms with Gasteiger partial charge in [0.2, 0.25) is 17.7 Å². The van der Waals surface area contributed by atoms with Crippen LogP contribution in [-0.2, 0) is 14.4 Å². The fraction of sp³-hybridized carbons (Fsp3) is 0.238. The highest BCUT2D eigenvalue weighted by molar-refractivity contribution is 7.98. The van der Waals surface area contributed by atoms with Crippen molar-refractivity contribution in [3.8, 4) is 0 Å². The lowest BCUT2D eigenvalue weighted by molar-refractivity contribution is -0.130. The third kappa shape index (κ3) is 4.98. The summed E-state index contributed by atoms with van der Waals surface area (Å²) in [6.45, 7) is -0.107. The SMILES string of the molecule is CSc1ccccc1NC(=O)CN(C)C(=O)c1ccc(N2NC(=O)CCC2=O)cc1. The maximum atomic E-state index is 12.7. The third-order valence-electron chi connectivity index (χ3n) is 4.53. The predicted octanol–water partition coefficient (Wildman–Crippen LogP) is 2.28. The highest BCUT2D eigenvalue weighted by atomic mass is 32.2. The van der Waals surface area contributed by atoms with Crippen LogP contribution in [0.1, 0.15) is 23.2 Å². The average Bonchev–Trinajstić information content (AvgIpc) is 2.75. The number of carbonyl (C=O) groups excluding carboxylic acids is 4. The molecule has 0 bridgehead atoms. The topological polar surface area (TPSA) is 98.8 Å². The van der Waals surface area contributed by atoms with Gasteiger partial charge in [0.25, 0.3) is 5.91 Å². The van der Waals surface area contributed by atoms with Crippen LogP contribution in [0.25, 0.3) is 0 Å². The standard InChI is InChI=1S/C21H22N4O4S/c1-24(13-19(27)22-16-5-3-4-6-17(16)30-2)21(29)14-7-9-15(10-8-14)25-20(28)12-11-18(26)23-25/h3-10H,11-13H2,1-2H3,(H,22,27)(H,23,26). The van der Waals surface area contributed by atoms with Gasteiger partial charge >= 0.3 is 0 Å². The lowest BCUT2D eigenvalue weighted by Gasteiger charge is -2.27. The fourth-order valence-electron chi connectivity index (χ4n) is 2.98. The summed E-state index contributed by atoms with van der Waals surface area (Å²) in [7, 11) is 1.55. The number of anilines is 2. The number of carbonyl (C=O) groups is 4. The van der Waals surface area contributed by atoms with Gasteiger partial charge < -0.3 is 10.2 Å². The highest BCUT2D eigenvalue weighted by Gasteiger charge is 2.24. The Balaban J connectivity index is 1.62. The molecule has 0 radical (unpaired) electrons. The van der Waals surface area contributed by atoms with Gasteiger partial charge in [-0.05, 0) is 42.7 Å². The van der Waals surface area contributed by atoms with Crippen LogP contribution in [0, 0.1) is 0 Å². The summed E-state index contributed by atoms with van der Waals surface area (Å²) in [5, 5.41) is 4.00. The zero-order chi connectivity index (χ0) is 21.7. The van der Waals surface area contributed by atoms with E-state index < -0.39 is 0 Å². The van der Waals surface area contributed by atoms with Crippen LogP contribution >= 0.6 is 11.8 Å². The van der Waals surface area contributed by atoms with Gasteiger partial charge in [-0.25, -0.2) is 5.01 Å². The number of hydrogen-bond acceptors (Lipinski definition) is 5. The van der Waals surface area contributed by atoms with Crippen molar-refractivity contribution in [1.82, 2.24) is 10.3 Å². The summed E-state index contributed by atoms with van der Waals surface area (Å²) >= 11 is 1.52. The van der Waals surface area contributed by atoms with Gasteiger partial charge in [-0.2, -0.15) is 0 Å². The zero-order valence-electron chi connectivity index (χ0n) is 16.7. The van der Waals surface area contributed by atoms with E-state index >= 15 is 0 Å². The van der Waals surface area contributed by atoms with Crippen LogP contribution in [-0.4, -0.2) is 48.4 Å². The maximum absolute atomic E-state index is 12.7. The van der Waals surface area contributed by atoms with Crippen LogP contribution in [0.5, 0.6) is 0 Å². The van der Waals surface area contributed by atoms with E-state index in [0.717, 1.165) is 4.90 Å². The van der Waals surface area contributed by atoms with Gasteiger partial charge in [0, 0.05) is 30.3 Å². The molecule has 1 saturated heterocycles. The minimum absolute atomic E-state index is 0.107. The summed E-state index contributed by atoms with van der Waals surface area (Å²) in [6.07, 6.45) is 2.23. The Morgan fingerprint density at radius 2 is 1.80 bits per heavy atom. The van der Waals surface area contributed by atoms with Crippen LogP contribution in [0.4, 0.5) is 11.4 Å². The van der Waals surface area contributed by atoms with E-state index in [1.54, 1.807) is 31.3 Å². The zero-order valence-corrected chi connectivity index (χ0v) is 17.5. The molecule has 0 spiro atoms. The summed E-state index contributed by atoms with van der Waals surface area (Å²) < 4.78 is 0. The number of thioether (sulfide) groups is 1. The van der Waals surface area contributed by atoms with Crippen molar-refractivity contribution in [2.75, 3.05) is 30.2 Å². The summed E-state index contributed by atoms with van der Waals surface area (Å²) in [5.74, 6) is -1.08. The Morgan fingerprint density at radius 1 is 1.10 bits per heavy atom. The van der Waals surface area contributed by atoms with E-state index in [1.165, 1.54) is 21.7 Å². The first-order valence-electron chi connectivity index (χ1n) is 9.30. The molecule has 0 atom stereocenters. The van der Waals surface area contributed by atoms with Crippen LogP contribution in [0.2, 0.25) is 0 Å². The molecule has 2 aromatic rings. The lowest BCUT2D eigenvalue weighted by atomic mass is 10.1. The van der Waals surface area contributed by atoms with Crippen molar-refractivity contribution in [1.29, 1.82) is 0 Å².